The average Bonchev–Trinajstić information content (AvgIpc) is 3.13. The standard InChI is InChI=1S/C21H25N3O3/c1-15-3-5-18(16(2)13-15)23-20(25)19-6-4-17(14-22-19)24-9-7-21(8-10-24)26-11-12-27-21/h3-6,13-14H,7-12H2,1-2H3,(H,23,25). The van der Waals surface area contributed by atoms with Crippen LogP contribution in [-0.4, -0.2) is 43.0 Å². The van der Waals surface area contributed by atoms with Crippen molar-refractivity contribution >= 4 is 17.3 Å². The predicted octanol–water partition coefficient (Wildman–Crippen LogP) is 3.29. The van der Waals surface area contributed by atoms with Crippen molar-refractivity contribution in [1.82, 2.24) is 4.98 Å². The second kappa shape index (κ2) is 7.29. The molecule has 142 valence electrons. The number of anilines is 2. The van der Waals surface area contributed by atoms with Gasteiger partial charge in [-0.15, -0.1) is 0 Å². The molecule has 0 aliphatic carbocycles. The Labute approximate surface area is 159 Å². The third-order valence-electron chi connectivity index (χ3n) is 5.31. The molecule has 1 aromatic heterocycles. The quantitative estimate of drug-likeness (QED) is 0.902. The summed E-state index contributed by atoms with van der Waals surface area (Å²) in [6.45, 7) is 7.11. The van der Waals surface area contributed by atoms with Crippen molar-refractivity contribution in [2.75, 3.05) is 36.5 Å². The van der Waals surface area contributed by atoms with Gasteiger partial charge in [-0.2, -0.15) is 0 Å². The summed E-state index contributed by atoms with van der Waals surface area (Å²) in [7, 11) is 0. The van der Waals surface area contributed by atoms with Crippen molar-refractivity contribution in [2.24, 2.45) is 0 Å². The molecule has 6 nitrogen and oxygen atoms in total. The van der Waals surface area contributed by atoms with Crippen LogP contribution in [0.3, 0.4) is 0 Å². The molecule has 4 rings (SSSR count). The Kier molecular flexibility index (Phi) is 4.85. The summed E-state index contributed by atoms with van der Waals surface area (Å²) >= 11 is 0. The third-order valence-corrected chi connectivity index (χ3v) is 5.31. The van der Waals surface area contributed by atoms with Crippen molar-refractivity contribution < 1.29 is 14.3 Å². The van der Waals surface area contributed by atoms with E-state index in [4.69, 9.17) is 9.47 Å². The van der Waals surface area contributed by atoms with E-state index in [1.54, 1.807) is 12.3 Å². The van der Waals surface area contributed by atoms with Crippen LogP contribution in [0, 0.1) is 13.8 Å². The molecule has 6 heteroatoms. The molecule has 1 spiro atoms. The van der Waals surface area contributed by atoms with Crippen LogP contribution in [0.5, 0.6) is 0 Å². The number of carbonyl (C=O) groups is 1. The number of benzene rings is 1. The van der Waals surface area contributed by atoms with Gasteiger partial charge in [0.05, 0.1) is 25.1 Å². The summed E-state index contributed by atoms with van der Waals surface area (Å²) in [5.74, 6) is -0.575. The van der Waals surface area contributed by atoms with E-state index in [1.807, 2.05) is 38.1 Å². The number of aromatic nitrogens is 1. The Balaban J connectivity index is 1.39. The molecule has 0 atom stereocenters. The fourth-order valence-corrected chi connectivity index (χ4v) is 3.74. The summed E-state index contributed by atoms with van der Waals surface area (Å²) in [6, 6.07) is 9.69. The van der Waals surface area contributed by atoms with Gasteiger partial charge >= 0.3 is 0 Å². The third kappa shape index (κ3) is 3.82. The zero-order valence-electron chi connectivity index (χ0n) is 15.8. The van der Waals surface area contributed by atoms with Crippen LogP contribution in [-0.2, 0) is 9.47 Å². The number of nitrogens with zero attached hydrogens (tertiary/aromatic N) is 2. The van der Waals surface area contributed by atoms with Gasteiger partial charge in [0.2, 0.25) is 0 Å². The number of amides is 1. The van der Waals surface area contributed by atoms with Crippen molar-refractivity contribution in [3.8, 4) is 0 Å². The first-order valence-electron chi connectivity index (χ1n) is 9.42. The second-order valence-electron chi connectivity index (χ2n) is 7.27. The number of pyridine rings is 1. The van der Waals surface area contributed by atoms with E-state index in [0.29, 0.717) is 18.9 Å². The monoisotopic (exact) mass is 367 g/mol. The lowest BCUT2D eigenvalue weighted by Gasteiger charge is -2.38. The van der Waals surface area contributed by atoms with Crippen molar-refractivity contribution in [2.45, 2.75) is 32.5 Å². The van der Waals surface area contributed by atoms with Crippen molar-refractivity contribution in [3.63, 3.8) is 0 Å². The van der Waals surface area contributed by atoms with Crippen LogP contribution in [0.2, 0.25) is 0 Å². The van der Waals surface area contributed by atoms with Gasteiger partial charge in [0.25, 0.3) is 5.91 Å². The zero-order chi connectivity index (χ0) is 18.9. The molecular formula is C21H25N3O3. The first-order chi connectivity index (χ1) is 13.0. The number of rotatable bonds is 3. The SMILES string of the molecule is Cc1ccc(NC(=O)c2ccc(N3CCC4(CC3)OCCO4)cn2)c(C)c1. The smallest absolute Gasteiger partial charge is 0.274 e. The lowest BCUT2D eigenvalue weighted by molar-refractivity contribution is -0.169. The van der Waals surface area contributed by atoms with Crippen LogP contribution in [0.15, 0.2) is 36.5 Å². The van der Waals surface area contributed by atoms with E-state index in [1.165, 1.54) is 5.56 Å². The lowest BCUT2D eigenvalue weighted by Crippen LogP contribution is -2.45. The second-order valence-corrected chi connectivity index (χ2v) is 7.27. The molecule has 0 bridgehead atoms. The highest BCUT2D eigenvalue weighted by Gasteiger charge is 2.39. The Morgan fingerprint density at radius 1 is 1.11 bits per heavy atom. The molecule has 2 fully saturated rings. The van der Waals surface area contributed by atoms with Gasteiger partial charge in [-0.25, -0.2) is 4.98 Å². The highest BCUT2D eigenvalue weighted by Crippen LogP contribution is 2.33. The molecule has 1 aromatic carbocycles. The zero-order valence-corrected chi connectivity index (χ0v) is 15.8. The van der Waals surface area contributed by atoms with Crippen LogP contribution in [0.1, 0.15) is 34.5 Å². The van der Waals surface area contributed by atoms with E-state index in [2.05, 4.69) is 15.2 Å². The minimum Gasteiger partial charge on any atom is -0.370 e. The summed E-state index contributed by atoms with van der Waals surface area (Å²) in [5.41, 5.74) is 4.46. The number of hydrogen-bond donors (Lipinski definition) is 1. The summed E-state index contributed by atoms with van der Waals surface area (Å²) in [6.07, 6.45) is 3.47. The number of ether oxygens (including phenoxy) is 2. The average molecular weight is 367 g/mol. The van der Waals surface area contributed by atoms with Crippen LogP contribution in [0.4, 0.5) is 11.4 Å². The summed E-state index contributed by atoms with van der Waals surface area (Å²) in [5, 5.41) is 2.94. The summed E-state index contributed by atoms with van der Waals surface area (Å²) in [4.78, 5) is 19.1. The van der Waals surface area contributed by atoms with Crippen molar-refractivity contribution in [1.29, 1.82) is 0 Å². The normalized spacial score (nSPS) is 18.7. The molecular weight excluding hydrogens is 342 g/mol. The maximum Gasteiger partial charge on any atom is 0.274 e. The molecule has 0 saturated carbocycles. The number of nitrogens with one attached hydrogen (secondary N) is 1. The molecule has 2 aliphatic heterocycles. The van der Waals surface area contributed by atoms with Crippen LogP contribution >= 0.6 is 0 Å². The van der Waals surface area contributed by atoms with E-state index >= 15 is 0 Å². The highest BCUT2D eigenvalue weighted by atomic mass is 16.7. The van der Waals surface area contributed by atoms with Crippen LogP contribution < -0.4 is 10.2 Å². The predicted molar refractivity (Wildman–Crippen MR) is 104 cm³/mol. The molecule has 3 heterocycles. The number of piperidine rings is 1. The number of hydrogen-bond acceptors (Lipinski definition) is 5. The fourth-order valence-electron chi connectivity index (χ4n) is 3.74. The van der Waals surface area contributed by atoms with Gasteiger partial charge in [0, 0.05) is 31.6 Å². The Morgan fingerprint density at radius 3 is 2.48 bits per heavy atom. The molecule has 2 aliphatic rings. The largest absolute Gasteiger partial charge is 0.370 e. The molecule has 1 amide bonds. The minimum atomic E-state index is -0.379. The van der Waals surface area contributed by atoms with E-state index in [9.17, 15) is 4.79 Å². The van der Waals surface area contributed by atoms with E-state index < -0.39 is 0 Å². The Morgan fingerprint density at radius 2 is 1.85 bits per heavy atom. The van der Waals surface area contributed by atoms with Gasteiger partial charge in [-0.1, -0.05) is 17.7 Å². The first kappa shape index (κ1) is 17.9. The lowest BCUT2D eigenvalue weighted by atomic mass is 10.0. The molecule has 0 radical (unpaired) electrons. The minimum absolute atomic E-state index is 0.196. The van der Waals surface area contributed by atoms with Crippen LogP contribution in [0.25, 0.3) is 0 Å². The number of carbonyl (C=O) groups excluding carboxylic acids is 1. The Bertz CT molecular complexity index is 819. The molecule has 2 saturated heterocycles. The van der Waals surface area contributed by atoms with Gasteiger partial charge in [-0.3, -0.25) is 4.79 Å². The maximum atomic E-state index is 12.5. The van der Waals surface area contributed by atoms with Crippen molar-refractivity contribution in [3.05, 3.63) is 53.3 Å². The van der Waals surface area contributed by atoms with E-state index in [-0.39, 0.29) is 11.7 Å². The highest BCUT2D eigenvalue weighted by molar-refractivity contribution is 6.03. The molecule has 0 unspecified atom stereocenters. The topological polar surface area (TPSA) is 63.7 Å². The van der Waals surface area contributed by atoms with Gasteiger partial charge in [-0.05, 0) is 37.6 Å². The van der Waals surface area contributed by atoms with E-state index in [0.717, 1.165) is 42.9 Å². The Hall–Kier alpha value is -2.44. The first-order valence-corrected chi connectivity index (χ1v) is 9.42. The maximum absolute atomic E-state index is 12.5. The van der Waals surface area contributed by atoms with Gasteiger partial charge < -0.3 is 19.7 Å². The van der Waals surface area contributed by atoms with Gasteiger partial charge in [0.15, 0.2) is 5.79 Å². The van der Waals surface area contributed by atoms with Gasteiger partial charge in [0.1, 0.15) is 5.69 Å². The summed E-state index contributed by atoms with van der Waals surface area (Å²) < 4.78 is 11.5. The molecule has 1 N–H and O–H groups in total. The fraction of sp³-hybridized carbons (Fsp3) is 0.429. The molecule has 2 aromatic rings. The molecule has 27 heavy (non-hydrogen) atoms. The number of aryl methyl sites for hydroxylation is 2.